The summed E-state index contributed by atoms with van der Waals surface area (Å²) in [7, 11) is 1.18. The first-order valence-corrected chi connectivity index (χ1v) is 4.68. The minimum atomic E-state index is -0.777. The predicted molar refractivity (Wildman–Crippen MR) is 59.1 cm³/mol. The number of nitrogens with one attached hydrogen (secondary N) is 1. The van der Waals surface area contributed by atoms with Crippen LogP contribution in [0.2, 0.25) is 0 Å². The van der Waals surface area contributed by atoms with Gasteiger partial charge in [0, 0.05) is 6.07 Å². The first-order chi connectivity index (χ1) is 7.95. The van der Waals surface area contributed by atoms with Gasteiger partial charge in [-0.1, -0.05) is 0 Å². The highest BCUT2D eigenvalue weighted by Gasteiger charge is 2.13. The summed E-state index contributed by atoms with van der Waals surface area (Å²) in [6.07, 6.45) is -0.777. The van der Waals surface area contributed by atoms with Gasteiger partial charge in [-0.3, -0.25) is 0 Å². The number of hydrogen-bond donors (Lipinski definition) is 2. The number of carbonyl (C=O) groups is 1. The Morgan fingerprint density at radius 3 is 2.76 bits per heavy atom. The highest BCUT2D eigenvalue weighted by molar-refractivity contribution is 6.00. The maximum atomic E-state index is 11.5. The van der Waals surface area contributed by atoms with E-state index in [0.29, 0.717) is 0 Å². The van der Waals surface area contributed by atoms with Crippen LogP contribution in [0, 0.1) is 6.92 Å². The van der Waals surface area contributed by atoms with E-state index in [1.54, 1.807) is 0 Å². The van der Waals surface area contributed by atoms with Gasteiger partial charge in [0.25, 0.3) is 0 Å². The highest BCUT2D eigenvalue weighted by Crippen LogP contribution is 2.14. The SMILES string of the molecule is COC(=O)NN=C(C)c1c(O)cc(C)oc1=O. The monoisotopic (exact) mass is 240 g/mol. The normalized spacial score (nSPS) is 11.1. The van der Waals surface area contributed by atoms with Crippen LogP contribution in [0.15, 0.2) is 20.4 Å². The van der Waals surface area contributed by atoms with E-state index in [1.807, 2.05) is 5.43 Å². The van der Waals surface area contributed by atoms with Gasteiger partial charge in [0.05, 0.1) is 12.8 Å². The van der Waals surface area contributed by atoms with Crippen LogP contribution in [0.3, 0.4) is 0 Å². The number of methoxy groups -OCH3 is 1. The van der Waals surface area contributed by atoms with E-state index in [9.17, 15) is 14.7 Å². The molecule has 0 aliphatic rings. The van der Waals surface area contributed by atoms with Gasteiger partial charge in [0.1, 0.15) is 17.1 Å². The average Bonchev–Trinajstić information content (AvgIpc) is 2.24. The summed E-state index contributed by atoms with van der Waals surface area (Å²) in [4.78, 5) is 22.2. The van der Waals surface area contributed by atoms with E-state index in [0.717, 1.165) is 0 Å². The van der Waals surface area contributed by atoms with Gasteiger partial charge >= 0.3 is 11.7 Å². The molecule has 0 aliphatic heterocycles. The molecule has 1 rings (SSSR count). The second-order valence-corrected chi connectivity index (χ2v) is 3.21. The molecule has 0 bridgehead atoms. The molecule has 0 fully saturated rings. The minimum absolute atomic E-state index is 0.105. The van der Waals surface area contributed by atoms with Gasteiger partial charge in [-0.05, 0) is 13.8 Å². The number of amides is 1. The number of nitrogens with zero attached hydrogens (tertiary/aromatic N) is 1. The molecular formula is C10H12N2O5. The fraction of sp³-hybridized carbons (Fsp3) is 0.300. The van der Waals surface area contributed by atoms with Gasteiger partial charge in [-0.25, -0.2) is 15.0 Å². The molecule has 0 aromatic carbocycles. The fourth-order valence-electron chi connectivity index (χ4n) is 1.16. The number of ether oxygens (including phenoxy) is 1. The predicted octanol–water partition coefficient (Wildman–Crippen LogP) is 0.734. The molecular weight excluding hydrogens is 228 g/mol. The van der Waals surface area contributed by atoms with Crippen molar-refractivity contribution in [2.24, 2.45) is 5.10 Å². The molecule has 1 aromatic rings. The molecule has 0 aliphatic carbocycles. The Morgan fingerprint density at radius 1 is 1.59 bits per heavy atom. The third kappa shape index (κ3) is 3.07. The molecule has 2 N–H and O–H groups in total. The minimum Gasteiger partial charge on any atom is -0.507 e. The number of hydrogen-bond acceptors (Lipinski definition) is 6. The second-order valence-electron chi connectivity index (χ2n) is 3.21. The summed E-state index contributed by atoms with van der Waals surface area (Å²) in [5, 5.41) is 13.2. The molecule has 92 valence electrons. The van der Waals surface area contributed by atoms with Crippen LogP contribution in [0.5, 0.6) is 5.75 Å². The van der Waals surface area contributed by atoms with Gasteiger partial charge in [-0.2, -0.15) is 5.10 Å². The largest absolute Gasteiger partial charge is 0.507 e. The fourth-order valence-corrected chi connectivity index (χ4v) is 1.16. The van der Waals surface area contributed by atoms with Crippen molar-refractivity contribution in [2.75, 3.05) is 7.11 Å². The lowest BCUT2D eigenvalue weighted by molar-refractivity contribution is 0.171. The maximum Gasteiger partial charge on any atom is 0.427 e. The highest BCUT2D eigenvalue weighted by atomic mass is 16.5. The number of carbonyl (C=O) groups excluding carboxylic acids is 1. The molecule has 1 amide bonds. The first kappa shape index (κ1) is 12.8. The van der Waals surface area contributed by atoms with E-state index in [1.165, 1.54) is 27.0 Å². The van der Waals surface area contributed by atoms with Gasteiger partial charge < -0.3 is 14.3 Å². The van der Waals surface area contributed by atoms with Crippen molar-refractivity contribution in [1.29, 1.82) is 0 Å². The Balaban J connectivity index is 3.08. The lowest BCUT2D eigenvalue weighted by Gasteiger charge is -2.03. The van der Waals surface area contributed by atoms with Crippen LogP contribution >= 0.6 is 0 Å². The van der Waals surface area contributed by atoms with Crippen molar-refractivity contribution in [3.63, 3.8) is 0 Å². The third-order valence-corrected chi connectivity index (χ3v) is 1.92. The standard InChI is InChI=1S/C10H12N2O5/c1-5-4-7(13)8(9(14)17-5)6(2)11-12-10(15)16-3/h4,13H,1-3H3,(H,12,15). The Hall–Kier alpha value is -2.31. The van der Waals surface area contributed by atoms with Crippen LogP contribution < -0.4 is 11.1 Å². The molecule has 0 saturated heterocycles. The van der Waals surface area contributed by atoms with E-state index in [2.05, 4.69) is 9.84 Å². The Bertz CT molecular complexity index is 518. The van der Waals surface area contributed by atoms with E-state index in [4.69, 9.17) is 4.42 Å². The van der Waals surface area contributed by atoms with E-state index in [-0.39, 0.29) is 22.8 Å². The summed E-state index contributed by atoms with van der Waals surface area (Å²) in [5.74, 6) is 0.0247. The smallest absolute Gasteiger partial charge is 0.427 e. The number of rotatable bonds is 2. The molecule has 17 heavy (non-hydrogen) atoms. The number of hydrazone groups is 1. The summed E-state index contributed by atoms with van der Waals surface area (Å²) < 4.78 is 9.10. The molecule has 0 radical (unpaired) electrons. The Morgan fingerprint density at radius 2 is 2.24 bits per heavy atom. The molecule has 0 atom stereocenters. The lowest BCUT2D eigenvalue weighted by Crippen LogP contribution is -2.21. The van der Waals surface area contributed by atoms with E-state index < -0.39 is 11.7 Å². The summed E-state index contributed by atoms with van der Waals surface area (Å²) >= 11 is 0. The topological polar surface area (TPSA) is 101 Å². The van der Waals surface area contributed by atoms with Crippen molar-refractivity contribution >= 4 is 11.8 Å². The van der Waals surface area contributed by atoms with Crippen LogP contribution in [0.4, 0.5) is 4.79 Å². The molecule has 0 unspecified atom stereocenters. The van der Waals surface area contributed by atoms with Crippen LogP contribution in [0.25, 0.3) is 0 Å². The molecule has 0 spiro atoms. The Labute approximate surface area is 96.7 Å². The van der Waals surface area contributed by atoms with Crippen LogP contribution in [-0.2, 0) is 4.74 Å². The zero-order valence-electron chi connectivity index (χ0n) is 9.60. The van der Waals surface area contributed by atoms with Gasteiger partial charge in [-0.15, -0.1) is 0 Å². The first-order valence-electron chi connectivity index (χ1n) is 4.68. The maximum absolute atomic E-state index is 11.5. The summed E-state index contributed by atoms with van der Waals surface area (Å²) in [5.41, 5.74) is 1.32. The molecule has 1 heterocycles. The molecule has 7 heteroatoms. The molecule has 1 aromatic heterocycles. The lowest BCUT2D eigenvalue weighted by atomic mass is 10.2. The zero-order chi connectivity index (χ0) is 13.0. The third-order valence-electron chi connectivity index (χ3n) is 1.92. The van der Waals surface area contributed by atoms with Crippen LogP contribution in [-0.4, -0.2) is 24.0 Å². The molecule has 0 saturated carbocycles. The Kier molecular flexibility index (Phi) is 3.86. The number of aromatic hydroxyl groups is 1. The van der Waals surface area contributed by atoms with Crippen LogP contribution in [0.1, 0.15) is 18.2 Å². The van der Waals surface area contributed by atoms with Crippen molar-refractivity contribution in [3.8, 4) is 5.75 Å². The number of aryl methyl sites for hydroxylation is 1. The van der Waals surface area contributed by atoms with Crippen molar-refractivity contribution in [1.82, 2.24) is 5.43 Å². The van der Waals surface area contributed by atoms with Crippen molar-refractivity contribution in [3.05, 3.63) is 27.8 Å². The van der Waals surface area contributed by atoms with Gasteiger partial charge in [0.15, 0.2) is 0 Å². The zero-order valence-corrected chi connectivity index (χ0v) is 9.60. The van der Waals surface area contributed by atoms with Crippen molar-refractivity contribution < 1.29 is 19.1 Å². The summed E-state index contributed by atoms with van der Waals surface area (Å²) in [6.45, 7) is 2.97. The van der Waals surface area contributed by atoms with Crippen molar-refractivity contribution in [2.45, 2.75) is 13.8 Å². The van der Waals surface area contributed by atoms with E-state index >= 15 is 0 Å². The average molecular weight is 240 g/mol. The van der Waals surface area contributed by atoms with Gasteiger partial charge in [0.2, 0.25) is 0 Å². The second kappa shape index (κ2) is 5.15. The summed E-state index contributed by atoms with van der Waals surface area (Å²) in [6, 6.07) is 1.29. The quantitative estimate of drug-likeness (QED) is 0.586. The molecule has 7 nitrogen and oxygen atoms in total.